The van der Waals surface area contributed by atoms with Gasteiger partial charge in [-0.1, -0.05) is 0 Å². The lowest BCUT2D eigenvalue weighted by Gasteiger charge is -2.26. The number of rotatable bonds is 2. The van der Waals surface area contributed by atoms with Crippen molar-refractivity contribution < 1.29 is 18.0 Å². The molecule has 2 N–H and O–H groups in total. The first kappa shape index (κ1) is 15.1. The summed E-state index contributed by atoms with van der Waals surface area (Å²) < 4.78 is 22.9. The van der Waals surface area contributed by atoms with E-state index in [9.17, 15) is 18.0 Å². The highest BCUT2D eigenvalue weighted by atomic mass is 32.2. The van der Waals surface area contributed by atoms with Crippen LogP contribution < -0.4 is 10.6 Å². The van der Waals surface area contributed by atoms with Crippen molar-refractivity contribution in [2.24, 2.45) is 0 Å². The molecule has 0 unspecified atom stereocenters. The van der Waals surface area contributed by atoms with Crippen LogP contribution in [0.3, 0.4) is 0 Å². The van der Waals surface area contributed by atoms with Gasteiger partial charge in [-0.25, -0.2) is 13.2 Å². The highest BCUT2D eigenvalue weighted by Gasteiger charge is 2.34. The maximum atomic E-state index is 12.1. The molecule has 2 atom stereocenters. The summed E-state index contributed by atoms with van der Waals surface area (Å²) in [6.45, 7) is 0.641. The molecule has 2 saturated heterocycles. The summed E-state index contributed by atoms with van der Waals surface area (Å²) in [5, 5.41) is 5.45. The summed E-state index contributed by atoms with van der Waals surface area (Å²) >= 11 is 0. The van der Waals surface area contributed by atoms with E-state index in [0.29, 0.717) is 19.4 Å². The van der Waals surface area contributed by atoms with Gasteiger partial charge < -0.3 is 15.5 Å². The van der Waals surface area contributed by atoms with E-state index in [1.54, 1.807) is 7.05 Å². The number of urea groups is 1. The lowest BCUT2D eigenvalue weighted by Crippen LogP contribution is -2.52. The second-order valence-electron chi connectivity index (χ2n) is 5.46. The second-order valence-corrected chi connectivity index (χ2v) is 7.69. The SMILES string of the molecule is CN(C(=O)N[C@@H]1CCCCNC1=O)[C@@H]1CCS(=O)(=O)C1. The number of sulfone groups is 1. The number of hydrogen-bond donors (Lipinski definition) is 2. The van der Waals surface area contributed by atoms with E-state index >= 15 is 0 Å². The van der Waals surface area contributed by atoms with Crippen LogP contribution in [-0.4, -0.2) is 62.4 Å². The van der Waals surface area contributed by atoms with Crippen LogP contribution in [-0.2, 0) is 14.6 Å². The third kappa shape index (κ3) is 3.62. The Morgan fingerprint density at radius 3 is 2.75 bits per heavy atom. The summed E-state index contributed by atoms with van der Waals surface area (Å²) in [6.07, 6.45) is 2.87. The monoisotopic (exact) mass is 303 g/mol. The van der Waals surface area contributed by atoms with Gasteiger partial charge >= 0.3 is 6.03 Å². The molecule has 2 heterocycles. The van der Waals surface area contributed by atoms with Crippen molar-refractivity contribution in [1.82, 2.24) is 15.5 Å². The van der Waals surface area contributed by atoms with Gasteiger partial charge in [0.1, 0.15) is 6.04 Å². The zero-order valence-corrected chi connectivity index (χ0v) is 12.4. The molecule has 114 valence electrons. The van der Waals surface area contributed by atoms with Gasteiger partial charge in [0.25, 0.3) is 0 Å². The van der Waals surface area contributed by atoms with E-state index < -0.39 is 15.9 Å². The fourth-order valence-corrected chi connectivity index (χ4v) is 4.35. The number of nitrogens with zero attached hydrogens (tertiary/aromatic N) is 1. The molecule has 0 aromatic heterocycles. The quantitative estimate of drug-likeness (QED) is 0.718. The van der Waals surface area contributed by atoms with E-state index in [0.717, 1.165) is 12.8 Å². The highest BCUT2D eigenvalue weighted by molar-refractivity contribution is 7.91. The third-order valence-corrected chi connectivity index (χ3v) is 5.66. The smallest absolute Gasteiger partial charge is 0.318 e. The number of amides is 3. The standard InChI is InChI=1S/C12H21N3O4S/c1-15(9-5-7-20(18,19)8-9)12(17)14-10-4-2-3-6-13-11(10)16/h9-10H,2-8H2,1H3,(H,13,16)(H,14,17)/t9-,10-/m1/s1. The summed E-state index contributed by atoms with van der Waals surface area (Å²) in [6, 6.07) is -1.20. The molecule has 2 fully saturated rings. The average molecular weight is 303 g/mol. The second kappa shape index (κ2) is 5.99. The maximum Gasteiger partial charge on any atom is 0.318 e. The van der Waals surface area contributed by atoms with Gasteiger partial charge in [-0.05, 0) is 25.7 Å². The first-order valence-electron chi connectivity index (χ1n) is 6.90. The Bertz CT molecular complexity index is 491. The van der Waals surface area contributed by atoms with Crippen molar-refractivity contribution in [3.63, 3.8) is 0 Å². The van der Waals surface area contributed by atoms with Gasteiger partial charge in [0.05, 0.1) is 11.5 Å². The van der Waals surface area contributed by atoms with Gasteiger partial charge in [-0.3, -0.25) is 4.79 Å². The zero-order chi connectivity index (χ0) is 14.8. The summed E-state index contributed by atoms with van der Waals surface area (Å²) in [5.41, 5.74) is 0. The first-order valence-corrected chi connectivity index (χ1v) is 8.72. The van der Waals surface area contributed by atoms with E-state index in [4.69, 9.17) is 0 Å². The Morgan fingerprint density at radius 1 is 1.35 bits per heavy atom. The number of carbonyl (C=O) groups is 2. The van der Waals surface area contributed by atoms with Crippen LogP contribution in [0.25, 0.3) is 0 Å². The van der Waals surface area contributed by atoms with Crippen LogP contribution in [0, 0.1) is 0 Å². The van der Waals surface area contributed by atoms with E-state index in [-0.39, 0.29) is 29.5 Å². The van der Waals surface area contributed by atoms with E-state index in [1.165, 1.54) is 4.90 Å². The normalized spacial score (nSPS) is 29.4. The molecule has 20 heavy (non-hydrogen) atoms. The minimum absolute atomic E-state index is 0.00772. The van der Waals surface area contributed by atoms with Gasteiger partial charge in [-0.15, -0.1) is 0 Å². The highest BCUT2D eigenvalue weighted by Crippen LogP contribution is 2.17. The van der Waals surface area contributed by atoms with E-state index in [2.05, 4.69) is 10.6 Å². The molecular formula is C12H21N3O4S. The van der Waals surface area contributed by atoms with Crippen LogP contribution in [0.5, 0.6) is 0 Å². The Hall–Kier alpha value is -1.31. The predicted molar refractivity (Wildman–Crippen MR) is 74.0 cm³/mol. The summed E-state index contributed by atoms with van der Waals surface area (Å²) in [4.78, 5) is 25.3. The Kier molecular flexibility index (Phi) is 4.52. The van der Waals surface area contributed by atoms with Crippen molar-refractivity contribution in [1.29, 1.82) is 0 Å². The molecule has 2 rings (SSSR count). The molecule has 0 radical (unpaired) electrons. The zero-order valence-electron chi connectivity index (χ0n) is 11.6. The molecule has 8 heteroatoms. The molecule has 2 aliphatic rings. The molecule has 0 saturated carbocycles. The molecular weight excluding hydrogens is 282 g/mol. The Labute approximate surface area is 119 Å². The molecule has 0 spiro atoms. The fourth-order valence-electron chi connectivity index (χ4n) is 2.57. The van der Waals surface area contributed by atoms with Gasteiger partial charge in [-0.2, -0.15) is 0 Å². The lowest BCUT2D eigenvalue weighted by atomic mass is 10.1. The molecule has 3 amide bonds. The lowest BCUT2D eigenvalue weighted by molar-refractivity contribution is -0.122. The van der Waals surface area contributed by atoms with Crippen molar-refractivity contribution in [2.45, 2.75) is 37.8 Å². The molecule has 0 aromatic rings. The minimum Gasteiger partial charge on any atom is -0.354 e. The van der Waals surface area contributed by atoms with Gasteiger partial charge in [0, 0.05) is 19.6 Å². The largest absolute Gasteiger partial charge is 0.354 e. The number of carbonyl (C=O) groups excluding carboxylic acids is 2. The minimum atomic E-state index is -3.02. The topological polar surface area (TPSA) is 95.6 Å². The summed E-state index contributed by atoms with van der Waals surface area (Å²) in [5.74, 6) is -0.0317. The van der Waals surface area contributed by atoms with Crippen LogP contribution >= 0.6 is 0 Å². The van der Waals surface area contributed by atoms with E-state index in [1.807, 2.05) is 0 Å². The van der Waals surface area contributed by atoms with Crippen molar-refractivity contribution in [2.75, 3.05) is 25.1 Å². The number of hydrogen-bond acceptors (Lipinski definition) is 4. The predicted octanol–water partition coefficient (Wildman–Crippen LogP) is -0.516. The van der Waals surface area contributed by atoms with Crippen LogP contribution in [0.15, 0.2) is 0 Å². The summed E-state index contributed by atoms with van der Waals surface area (Å²) in [7, 11) is -1.45. The van der Waals surface area contributed by atoms with Crippen LogP contribution in [0.1, 0.15) is 25.7 Å². The van der Waals surface area contributed by atoms with Crippen molar-refractivity contribution in [3.05, 3.63) is 0 Å². The Morgan fingerprint density at radius 2 is 2.10 bits per heavy atom. The first-order chi connectivity index (χ1) is 9.39. The molecule has 0 aliphatic carbocycles. The van der Waals surface area contributed by atoms with Crippen molar-refractivity contribution >= 4 is 21.8 Å². The molecule has 0 bridgehead atoms. The molecule has 7 nitrogen and oxygen atoms in total. The Balaban J connectivity index is 1.92. The van der Waals surface area contributed by atoms with Gasteiger partial charge in [0.15, 0.2) is 9.84 Å². The maximum absolute atomic E-state index is 12.1. The molecule has 0 aromatic carbocycles. The van der Waals surface area contributed by atoms with Crippen molar-refractivity contribution in [3.8, 4) is 0 Å². The fraction of sp³-hybridized carbons (Fsp3) is 0.833. The van der Waals surface area contributed by atoms with Crippen LogP contribution in [0.4, 0.5) is 4.79 Å². The van der Waals surface area contributed by atoms with Crippen LogP contribution in [0.2, 0.25) is 0 Å². The average Bonchev–Trinajstić information content (AvgIpc) is 2.63. The number of nitrogens with one attached hydrogen (secondary N) is 2. The van der Waals surface area contributed by atoms with Gasteiger partial charge in [0.2, 0.25) is 5.91 Å². The molecule has 2 aliphatic heterocycles. The third-order valence-electron chi connectivity index (χ3n) is 3.91.